The summed E-state index contributed by atoms with van der Waals surface area (Å²) in [6.45, 7) is 7.37. The van der Waals surface area contributed by atoms with Crippen LogP contribution in [0.1, 0.15) is 26.3 Å². The second-order valence-corrected chi connectivity index (χ2v) is 8.14. The van der Waals surface area contributed by atoms with E-state index in [-0.39, 0.29) is 24.4 Å². The Morgan fingerprint density at radius 3 is 2.36 bits per heavy atom. The van der Waals surface area contributed by atoms with E-state index >= 15 is 0 Å². The van der Waals surface area contributed by atoms with E-state index < -0.39 is 10.0 Å². The molecule has 0 aromatic heterocycles. The second-order valence-electron chi connectivity index (χ2n) is 5.80. The van der Waals surface area contributed by atoms with E-state index in [1.54, 1.807) is 25.1 Å². The van der Waals surface area contributed by atoms with Crippen LogP contribution in [-0.2, 0) is 14.8 Å². The lowest BCUT2D eigenvalue weighted by Crippen LogP contribution is -2.44. The van der Waals surface area contributed by atoms with Gasteiger partial charge in [-0.1, -0.05) is 25.4 Å². The highest BCUT2D eigenvalue weighted by Crippen LogP contribution is 2.25. The molecule has 0 fully saturated rings. The first kappa shape index (κ1) is 18.8. The number of sulfonamides is 1. The molecular formula is C15H23ClN2O3S. The van der Waals surface area contributed by atoms with Gasteiger partial charge in [-0.05, 0) is 43.5 Å². The fraction of sp³-hybridized carbons (Fsp3) is 0.533. The van der Waals surface area contributed by atoms with E-state index in [1.807, 2.05) is 20.8 Å². The predicted octanol–water partition coefficient (Wildman–Crippen LogP) is 2.58. The molecule has 0 saturated carbocycles. The van der Waals surface area contributed by atoms with Crippen molar-refractivity contribution in [3.8, 4) is 0 Å². The number of rotatable bonds is 6. The number of halogens is 1. The molecule has 7 heteroatoms. The third-order valence-corrected chi connectivity index (χ3v) is 4.87. The lowest BCUT2D eigenvalue weighted by atomic mass is 10.1. The summed E-state index contributed by atoms with van der Waals surface area (Å²) in [4.78, 5) is 12.1. The number of hydrogen-bond acceptors (Lipinski definition) is 3. The topological polar surface area (TPSA) is 66.5 Å². The Kier molecular flexibility index (Phi) is 6.26. The van der Waals surface area contributed by atoms with Gasteiger partial charge in [0.1, 0.15) is 6.54 Å². The third-order valence-electron chi connectivity index (χ3n) is 3.50. The number of amides is 1. The number of nitrogens with one attached hydrogen (secondary N) is 1. The van der Waals surface area contributed by atoms with Crippen LogP contribution in [0.5, 0.6) is 0 Å². The van der Waals surface area contributed by atoms with E-state index in [0.717, 1.165) is 10.6 Å². The maximum Gasteiger partial charge on any atom is 0.240 e. The summed E-state index contributed by atoms with van der Waals surface area (Å²) >= 11 is 5.90. The van der Waals surface area contributed by atoms with Crippen LogP contribution in [0.3, 0.4) is 0 Å². The van der Waals surface area contributed by atoms with Gasteiger partial charge in [0.15, 0.2) is 0 Å². The maximum atomic E-state index is 12.1. The summed E-state index contributed by atoms with van der Waals surface area (Å²) in [7, 11) is -3.58. The molecule has 1 aromatic carbocycles. The van der Waals surface area contributed by atoms with Gasteiger partial charge < -0.3 is 5.32 Å². The smallest absolute Gasteiger partial charge is 0.240 e. The van der Waals surface area contributed by atoms with Crippen molar-refractivity contribution in [2.75, 3.05) is 17.1 Å². The van der Waals surface area contributed by atoms with E-state index in [1.165, 1.54) is 0 Å². The molecule has 0 bridgehead atoms. The van der Waals surface area contributed by atoms with Gasteiger partial charge in [0, 0.05) is 11.1 Å². The Bertz CT molecular complexity index is 644. The Hall–Kier alpha value is -1.27. The molecule has 1 aromatic rings. The van der Waals surface area contributed by atoms with E-state index in [0.29, 0.717) is 16.3 Å². The van der Waals surface area contributed by atoms with Crippen molar-refractivity contribution in [3.05, 3.63) is 28.8 Å². The molecule has 1 atom stereocenters. The number of carbonyl (C=O) groups is 1. The summed E-state index contributed by atoms with van der Waals surface area (Å²) < 4.78 is 25.2. The van der Waals surface area contributed by atoms with Gasteiger partial charge in [-0.15, -0.1) is 0 Å². The van der Waals surface area contributed by atoms with Crippen LogP contribution in [-0.4, -0.2) is 33.2 Å². The first-order chi connectivity index (χ1) is 10.0. The average Bonchev–Trinajstić information content (AvgIpc) is 2.35. The number of hydrogen-bond donors (Lipinski definition) is 1. The van der Waals surface area contributed by atoms with Crippen LogP contribution >= 0.6 is 11.6 Å². The van der Waals surface area contributed by atoms with Crippen molar-refractivity contribution in [2.24, 2.45) is 5.92 Å². The van der Waals surface area contributed by atoms with Crippen molar-refractivity contribution in [2.45, 2.75) is 33.7 Å². The lowest BCUT2D eigenvalue weighted by molar-refractivity contribution is -0.120. The van der Waals surface area contributed by atoms with Gasteiger partial charge in [-0.2, -0.15) is 0 Å². The lowest BCUT2D eigenvalue weighted by Gasteiger charge is -2.25. The van der Waals surface area contributed by atoms with Crippen molar-refractivity contribution in [3.63, 3.8) is 0 Å². The molecule has 0 aliphatic carbocycles. The van der Waals surface area contributed by atoms with Crippen LogP contribution in [0.15, 0.2) is 18.2 Å². The molecule has 0 radical (unpaired) electrons. The van der Waals surface area contributed by atoms with Crippen molar-refractivity contribution in [1.29, 1.82) is 0 Å². The molecular weight excluding hydrogens is 324 g/mol. The molecule has 0 spiro atoms. The fourth-order valence-electron chi connectivity index (χ4n) is 1.88. The summed E-state index contributed by atoms with van der Waals surface area (Å²) in [5, 5.41) is 3.33. The molecule has 0 saturated heterocycles. The van der Waals surface area contributed by atoms with Crippen LogP contribution in [0.4, 0.5) is 5.69 Å². The molecule has 0 aliphatic rings. The third kappa shape index (κ3) is 5.18. The number of aryl methyl sites for hydroxylation is 1. The molecule has 22 heavy (non-hydrogen) atoms. The Labute approximate surface area is 137 Å². The summed E-state index contributed by atoms with van der Waals surface area (Å²) in [5.74, 6) is -0.0612. The highest BCUT2D eigenvalue weighted by molar-refractivity contribution is 7.92. The second kappa shape index (κ2) is 7.33. The van der Waals surface area contributed by atoms with Gasteiger partial charge in [-0.25, -0.2) is 8.42 Å². The number of benzene rings is 1. The quantitative estimate of drug-likeness (QED) is 0.860. The van der Waals surface area contributed by atoms with Crippen LogP contribution in [0.2, 0.25) is 5.02 Å². The summed E-state index contributed by atoms with van der Waals surface area (Å²) in [6, 6.07) is 4.86. The minimum absolute atomic E-state index is 0.0276. The van der Waals surface area contributed by atoms with Crippen molar-refractivity contribution >= 4 is 33.2 Å². The van der Waals surface area contributed by atoms with Gasteiger partial charge in [-0.3, -0.25) is 9.10 Å². The first-order valence-corrected chi connectivity index (χ1v) is 9.28. The molecule has 124 valence electrons. The van der Waals surface area contributed by atoms with E-state index in [4.69, 9.17) is 11.6 Å². The zero-order valence-electron chi connectivity index (χ0n) is 13.6. The number of nitrogens with zero attached hydrogens (tertiary/aromatic N) is 1. The molecule has 1 N–H and O–H groups in total. The van der Waals surface area contributed by atoms with Crippen LogP contribution < -0.4 is 9.62 Å². The first-order valence-electron chi connectivity index (χ1n) is 7.05. The monoisotopic (exact) mass is 346 g/mol. The highest BCUT2D eigenvalue weighted by Gasteiger charge is 2.23. The predicted molar refractivity (Wildman–Crippen MR) is 90.8 cm³/mol. The molecule has 5 nitrogen and oxygen atoms in total. The van der Waals surface area contributed by atoms with Gasteiger partial charge in [0.25, 0.3) is 0 Å². The molecule has 0 heterocycles. The zero-order valence-corrected chi connectivity index (χ0v) is 15.1. The van der Waals surface area contributed by atoms with Gasteiger partial charge in [0.05, 0.1) is 11.9 Å². The van der Waals surface area contributed by atoms with Crippen molar-refractivity contribution < 1.29 is 13.2 Å². The largest absolute Gasteiger partial charge is 0.352 e. The maximum absolute atomic E-state index is 12.1. The summed E-state index contributed by atoms with van der Waals surface area (Å²) in [6.07, 6.45) is 1.08. The van der Waals surface area contributed by atoms with Gasteiger partial charge >= 0.3 is 0 Å². The normalized spacial score (nSPS) is 13.0. The molecule has 1 amide bonds. The summed E-state index contributed by atoms with van der Waals surface area (Å²) in [5.41, 5.74) is 1.15. The molecule has 1 unspecified atom stereocenters. The minimum atomic E-state index is -3.58. The number of anilines is 1. The highest BCUT2D eigenvalue weighted by atomic mass is 35.5. The van der Waals surface area contributed by atoms with E-state index in [2.05, 4.69) is 5.32 Å². The van der Waals surface area contributed by atoms with Crippen LogP contribution in [0, 0.1) is 12.8 Å². The van der Waals surface area contributed by atoms with Crippen LogP contribution in [0.25, 0.3) is 0 Å². The zero-order chi connectivity index (χ0) is 17.1. The molecule has 0 aliphatic heterocycles. The standard InChI is InChI=1S/C15H23ClN2O3S/c1-10(2)12(4)17-15(19)9-18(22(5,20)21)14-7-6-13(16)8-11(14)3/h6-8,10,12H,9H2,1-5H3,(H,17,19). The SMILES string of the molecule is Cc1cc(Cl)ccc1N(CC(=O)NC(C)C(C)C)S(C)(=O)=O. The fourth-order valence-corrected chi connectivity index (χ4v) is 3.02. The average molecular weight is 347 g/mol. The Morgan fingerprint density at radius 2 is 1.91 bits per heavy atom. The Balaban J connectivity index is 3.03. The molecule has 1 rings (SSSR count). The minimum Gasteiger partial charge on any atom is -0.352 e. The van der Waals surface area contributed by atoms with Crippen molar-refractivity contribution in [1.82, 2.24) is 5.32 Å². The number of carbonyl (C=O) groups excluding carboxylic acids is 1. The van der Waals surface area contributed by atoms with Gasteiger partial charge in [0.2, 0.25) is 15.9 Å². The van der Waals surface area contributed by atoms with E-state index in [9.17, 15) is 13.2 Å². The Morgan fingerprint density at radius 1 is 1.32 bits per heavy atom.